The molecule has 1 aromatic heterocycles. The number of H-pyrrole nitrogens is 1. The van der Waals surface area contributed by atoms with Crippen LogP contribution in [0.4, 0.5) is 9.18 Å². The normalized spacial score (nSPS) is 25.0. The van der Waals surface area contributed by atoms with Crippen molar-refractivity contribution >= 4 is 6.03 Å². The molecule has 1 N–H and O–H groups in total. The quantitative estimate of drug-likeness (QED) is 0.902. The molecule has 2 amide bonds. The summed E-state index contributed by atoms with van der Waals surface area (Å²) in [6, 6.07) is 8.67. The second-order valence-electron chi connectivity index (χ2n) is 7.99. The molecule has 144 valence electrons. The summed E-state index contributed by atoms with van der Waals surface area (Å²) in [5, 5.41) is 7.33. The lowest BCUT2D eigenvalue weighted by Crippen LogP contribution is -2.41. The number of aromatic amines is 1. The van der Waals surface area contributed by atoms with Crippen LogP contribution < -0.4 is 0 Å². The molecule has 7 heteroatoms. The minimum Gasteiger partial charge on any atom is -0.331 e. The van der Waals surface area contributed by atoms with E-state index in [-0.39, 0.29) is 17.9 Å². The van der Waals surface area contributed by atoms with Gasteiger partial charge in [-0.3, -0.25) is 10.00 Å². The predicted molar refractivity (Wildman–Crippen MR) is 101 cm³/mol. The number of nitrogens with one attached hydrogen (secondary N) is 1. The van der Waals surface area contributed by atoms with Gasteiger partial charge in [0.1, 0.15) is 5.82 Å². The van der Waals surface area contributed by atoms with E-state index in [1.54, 1.807) is 31.1 Å². The van der Waals surface area contributed by atoms with Gasteiger partial charge in [-0.2, -0.15) is 5.10 Å². The molecule has 2 aliphatic heterocycles. The summed E-state index contributed by atoms with van der Waals surface area (Å²) < 4.78 is 13.9. The summed E-state index contributed by atoms with van der Waals surface area (Å²) in [7, 11) is 3.54. The van der Waals surface area contributed by atoms with Crippen LogP contribution >= 0.6 is 0 Å². The SMILES string of the molecule is Cc1cc(CN2C[C@@H]3CN(C(=O)N(C)C)[C@@H](c4cccc(F)c4)[C@@H]3C2)n[nH]1. The van der Waals surface area contributed by atoms with Crippen LogP contribution in [-0.4, -0.2) is 64.7 Å². The number of urea groups is 1. The Hall–Kier alpha value is -2.41. The molecule has 4 rings (SSSR count). The Morgan fingerprint density at radius 2 is 2.11 bits per heavy atom. The minimum atomic E-state index is -0.255. The second-order valence-corrected chi connectivity index (χ2v) is 7.99. The lowest BCUT2D eigenvalue weighted by atomic mass is 9.89. The Labute approximate surface area is 158 Å². The maximum Gasteiger partial charge on any atom is 0.320 e. The van der Waals surface area contributed by atoms with E-state index in [9.17, 15) is 9.18 Å². The Morgan fingerprint density at radius 1 is 1.30 bits per heavy atom. The zero-order chi connectivity index (χ0) is 19.1. The van der Waals surface area contributed by atoms with Crippen LogP contribution in [0.15, 0.2) is 30.3 Å². The van der Waals surface area contributed by atoms with Crippen molar-refractivity contribution in [2.24, 2.45) is 11.8 Å². The van der Waals surface area contributed by atoms with Crippen LogP contribution in [0.1, 0.15) is 23.0 Å². The average molecular weight is 371 g/mol. The lowest BCUT2D eigenvalue weighted by Gasteiger charge is -2.31. The maximum absolute atomic E-state index is 13.9. The molecule has 0 radical (unpaired) electrons. The highest BCUT2D eigenvalue weighted by atomic mass is 19.1. The molecule has 2 aliphatic rings. The molecule has 0 aliphatic carbocycles. The van der Waals surface area contributed by atoms with E-state index in [0.717, 1.165) is 36.6 Å². The first-order valence-corrected chi connectivity index (χ1v) is 9.39. The van der Waals surface area contributed by atoms with Crippen LogP contribution in [0.5, 0.6) is 0 Å². The first-order valence-electron chi connectivity index (χ1n) is 9.39. The highest BCUT2D eigenvalue weighted by Crippen LogP contribution is 2.45. The molecule has 2 fully saturated rings. The van der Waals surface area contributed by atoms with Gasteiger partial charge in [0.25, 0.3) is 0 Å². The Morgan fingerprint density at radius 3 is 2.78 bits per heavy atom. The molecule has 0 saturated carbocycles. The molecule has 0 spiro atoms. The van der Waals surface area contributed by atoms with Crippen molar-refractivity contribution in [1.29, 1.82) is 0 Å². The Bertz CT molecular complexity index is 835. The maximum atomic E-state index is 13.9. The number of benzene rings is 1. The van der Waals surface area contributed by atoms with Crippen molar-refractivity contribution < 1.29 is 9.18 Å². The molecule has 0 unspecified atom stereocenters. The van der Waals surface area contributed by atoms with Gasteiger partial charge in [0, 0.05) is 51.9 Å². The van der Waals surface area contributed by atoms with E-state index in [1.807, 2.05) is 17.9 Å². The molecule has 1 aromatic carbocycles. The monoisotopic (exact) mass is 371 g/mol. The average Bonchev–Trinajstić information content (AvgIpc) is 3.28. The third kappa shape index (κ3) is 3.43. The number of amides is 2. The largest absolute Gasteiger partial charge is 0.331 e. The molecule has 2 aromatic rings. The molecule has 3 atom stereocenters. The summed E-state index contributed by atoms with van der Waals surface area (Å²) in [6.07, 6.45) is 0. The van der Waals surface area contributed by atoms with E-state index in [1.165, 1.54) is 6.07 Å². The van der Waals surface area contributed by atoms with E-state index >= 15 is 0 Å². The summed E-state index contributed by atoms with van der Waals surface area (Å²) >= 11 is 0. The number of carbonyl (C=O) groups excluding carboxylic acids is 1. The van der Waals surface area contributed by atoms with Crippen molar-refractivity contribution in [2.75, 3.05) is 33.7 Å². The molecule has 6 nitrogen and oxygen atoms in total. The molecule has 2 saturated heterocycles. The van der Waals surface area contributed by atoms with Crippen LogP contribution in [0.2, 0.25) is 0 Å². The molecule has 27 heavy (non-hydrogen) atoms. The van der Waals surface area contributed by atoms with Crippen molar-refractivity contribution in [2.45, 2.75) is 19.5 Å². The summed E-state index contributed by atoms with van der Waals surface area (Å²) in [4.78, 5) is 18.7. The fraction of sp³-hybridized carbons (Fsp3) is 0.500. The molecular weight excluding hydrogens is 345 g/mol. The van der Waals surface area contributed by atoms with E-state index < -0.39 is 0 Å². The number of aryl methyl sites for hydroxylation is 1. The van der Waals surface area contributed by atoms with Crippen LogP contribution in [-0.2, 0) is 6.54 Å². The summed E-state index contributed by atoms with van der Waals surface area (Å²) in [5.74, 6) is 0.438. The van der Waals surface area contributed by atoms with Gasteiger partial charge in [0.2, 0.25) is 0 Å². The fourth-order valence-electron chi connectivity index (χ4n) is 4.62. The van der Waals surface area contributed by atoms with Gasteiger partial charge in [-0.15, -0.1) is 0 Å². The van der Waals surface area contributed by atoms with E-state index in [4.69, 9.17) is 0 Å². The number of nitrogens with zero attached hydrogens (tertiary/aromatic N) is 4. The number of hydrogen-bond donors (Lipinski definition) is 1. The number of aromatic nitrogens is 2. The highest BCUT2D eigenvalue weighted by Gasteiger charge is 2.49. The van der Waals surface area contributed by atoms with Gasteiger partial charge < -0.3 is 9.80 Å². The van der Waals surface area contributed by atoms with Gasteiger partial charge in [-0.1, -0.05) is 12.1 Å². The molecular formula is C20H26FN5O. The van der Waals surface area contributed by atoms with Gasteiger partial charge in [0.05, 0.1) is 11.7 Å². The number of fused-ring (bicyclic) bond motifs is 1. The van der Waals surface area contributed by atoms with Gasteiger partial charge in [0.15, 0.2) is 0 Å². The second kappa shape index (κ2) is 6.96. The standard InChI is InChI=1S/C20H26FN5O/c1-13-7-17(23-22-13)11-25-9-15-10-26(20(27)24(2)3)19(18(15)12-25)14-5-4-6-16(21)8-14/h4-8,15,18-19H,9-12H2,1-3H3,(H,22,23)/t15-,18-,19+/m1/s1. The smallest absolute Gasteiger partial charge is 0.320 e. The fourth-order valence-corrected chi connectivity index (χ4v) is 4.62. The number of hydrogen-bond acceptors (Lipinski definition) is 3. The van der Waals surface area contributed by atoms with Crippen molar-refractivity contribution in [3.8, 4) is 0 Å². The van der Waals surface area contributed by atoms with Crippen LogP contribution in [0.3, 0.4) is 0 Å². The Kier molecular flexibility index (Phi) is 4.63. The molecule has 0 bridgehead atoms. The predicted octanol–water partition coefficient (Wildman–Crippen LogP) is 2.64. The van der Waals surface area contributed by atoms with Crippen molar-refractivity contribution in [3.63, 3.8) is 0 Å². The zero-order valence-electron chi connectivity index (χ0n) is 16.0. The zero-order valence-corrected chi connectivity index (χ0v) is 16.0. The van der Waals surface area contributed by atoms with E-state index in [0.29, 0.717) is 18.4 Å². The number of rotatable bonds is 3. The first kappa shape index (κ1) is 18.0. The van der Waals surface area contributed by atoms with Crippen LogP contribution in [0.25, 0.3) is 0 Å². The Balaban J connectivity index is 1.57. The van der Waals surface area contributed by atoms with Crippen molar-refractivity contribution in [1.82, 2.24) is 24.9 Å². The van der Waals surface area contributed by atoms with Gasteiger partial charge >= 0.3 is 6.03 Å². The van der Waals surface area contributed by atoms with Gasteiger partial charge in [-0.25, -0.2) is 9.18 Å². The van der Waals surface area contributed by atoms with E-state index in [2.05, 4.69) is 21.2 Å². The molecule has 3 heterocycles. The van der Waals surface area contributed by atoms with Crippen LogP contribution in [0, 0.1) is 24.6 Å². The topological polar surface area (TPSA) is 55.5 Å². The third-order valence-corrected chi connectivity index (χ3v) is 5.70. The minimum absolute atomic E-state index is 0.00635. The van der Waals surface area contributed by atoms with Crippen molar-refractivity contribution in [3.05, 3.63) is 53.1 Å². The number of halogens is 1. The lowest BCUT2D eigenvalue weighted by molar-refractivity contribution is 0.151. The first-order chi connectivity index (χ1) is 12.9. The summed E-state index contributed by atoms with van der Waals surface area (Å²) in [6.45, 7) is 5.32. The van der Waals surface area contributed by atoms with Gasteiger partial charge in [-0.05, 0) is 36.6 Å². The number of likely N-dealkylation sites (tertiary alicyclic amines) is 2. The third-order valence-electron chi connectivity index (χ3n) is 5.70. The highest BCUT2D eigenvalue weighted by molar-refractivity contribution is 5.75. The summed E-state index contributed by atoms with van der Waals surface area (Å²) in [5.41, 5.74) is 2.98. The number of carbonyl (C=O) groups is 1.